The fourth-order valence-electron chi connectivity index (χ4n) is 3.21. The Hall–Kier alpha value is -3.02. The lowest BCUT2D eigenvalue weighted by Crippen LogP contribution is -2.45. The number of aromatic nitrogens is 2. The van der Waals surface area contributed by atoms with E-state index in [-0.39, 0.29) is 36.4 Å². The minimum absolute atomic E-state index is 0.247. The number of hydrogen-bond acceptors (Lipinski definition) is 6. The summed E-state index contributed by atoms with van der Waals surface area (Å²) in [5, 5.41) is 8.63. The molecule has 0 aliphatic carbocycles. The van der Waals surface area contributed by atoms with Gasteiger partial charge in [-0.2, -0.15) is 9.83 Å². The molecule has 1 unspecified atom stereocenters. The summed E-state index contributed by atoms with van der Waals surface area (Å²) in [7, 11) is 0. The van der Waals surface area contributed by atoms with Crippen molar-refractivity contribution in [3.8, 4) is 6.07 Å². The van der Waals surface area contributed by atoms with Crippen LogP contribution in [-0.4, -0.2) is 33.9 Å². The quantitative estimate of drug-likeness (QED) is 0.727. The molecule has 1 aromatic heterocycles. The third-order valence-electron chi connectivity index (χ3n) is 4.69. The molecule has 0 spiro atoms. The molecule has 146 valence electrons. The molecule has 1 aliphatic heterocycles. The lowest BCUT2D eigenvalue weighted by Gasteiger charge is -2.16. The van der Waals surface area contributed by atoms with Crippen molar-refractivity contribution in [3.63, 3.8) is 0 Å². The topological polar surface area (TPSA) is 103 Å². The van der Waals surface area contributed by atoms with Gasteiger partial charge in [0.1, 0.15) is 6.23 Å². The number of hydrogen-bond donors (Lipinski definition) is 0. The summed E-state index contributed by atoms with van der Waals surface area (Å²) >= 11 is 0. The van der Waals surface area contributed by atoms with Gasteiger partial charge in [-0.05, 0) is 26.0 Å². The highest BCUT2D eigenvalue weighted by Gasteiger charge is 2.35. The van der Waals surface area contributed by atoms with Gasteiger partial charge in [0.25, 0.3) is 11.5 Å². The number of ether oxygens (including phenoxy) is 2. The van der Waals surface area contributed by atoms with Gasteiger partial charge in [0.2, 0.25) is 0 Å². The molecule has 0 radical (unpaired) electrons. The minimum atomic E-state index is -0.751. The third kappa shape index (κ3) is 3.81. The molecule has 3 rings (SSSR count). The maximum Gasteiger partial charge on any atom is 0.340 e. The van der Waals surface area contributed by atoms with E-state index in [1.54, 1.807) is 37.3 Å². The summed E-state index contributed by atoms with van der Waals surface area (Å²) in [6.07, 6.45) is 0.822. The molecule has 1 aliphatic rings. The number of nitrogens with zero attached hydrogens (tertiary/aromatic N) is 3. The van der Waals surface area contributed by atoms with E-state index >= 15 is 0 Å². The van der Waals surface area contributed by atoms with E-state index in [1.807, 2.05) is 13.0 Å². The molecule has 8 heteroatoms. The Kier molecular flexibility index (Phi) is 5.87. The van der Waals surface area contributed by atoms with Crippen molar-refractivity contribution in [2.75, 3.05) is 6.61 Å². The zero-order valence-corrected chi connectivity index (χ0v) is 15.7. The smallest absolute Gasteiger partial charge is 0.340 e. The molecule has 0 amide bonds. The molecule has 28 heavy (non-hydrogen) atoms. The average Bonchev–Trinajstić information content (AvgIpc) is 3.06. The Morgan fingerprint density at radius 2 is 2.04 bits per heavy atom. The van der Waals surface area contributed by atoms with Gasteiger partial charge in [-0.1, -0.05) is 18.2 Å². The van der Waals surface area contributed by atoms with Gasteiger partial charge in [0.05, 0.1) is 31.3 Å². The standard InChI is InChI=1S/C20H21N3O5/c1-13-12-22(17-11-16(14(2)28-17)27-10-6-9-21)20(26)23(18(13)24)19(25)15-7-4-3-5-8-15/h3-5,7-8,12,14,16-17H,6,10-11H2,1-2H3/t14-,16?,17-/m1/s1. The highest BCUT2D eigenvalue weighted by molar-refractivity contribution is 5.95. The second-order valence-electron chi connectivity index (χ2n) is 6.66. The van der Waals surface area contributed by atoms with E-state index in [4.69, 9.17) is 14.7 Å². The Balaban J connectivity index is 1.95. The van der Waals surface area contributed by atoms with Crippen LogP contribution in [0.15, 0.2) is 46.1 Å². The second kappa shape index (κ2) is 8.33. The first kappa shape index (κ1) is 19.7. The molecule has 0 N–H and O–H groups in total. The number of benzene rings is 1. The molecule has 3 atom stereocenters. The van der Waals surface area contributed by atoms with Crippen molar-refractivity contribution in [1.29, 1.82) is 5.26 Å². The molecule has 1 aromatic carbocycles. The van der Waals surface area contributed by atoms with E-state index in [0.29, 0.717) is 11.0 Å². The Bertz CT molecular complexity index is 1020. The molecule has 0 saturated carbocycles. The van der Waals surface area contributed by atoms with Crippen LogP contribution in [0.4, 0.5) is 0 Å². The maximum absolute atomic E-state index is 13.0. The van der Waals surface area contributed by atoms with Crippen molar-refractivity contribution in [2.45, 2.75) is 45.1 Å². The van der Waals surface area contributed by atoms with Crippen LogP contribution in [0.3, 0.4) is 0 Å². The molecule has 8 nitrogen and oxygen atoms in total. The van der Waals surface area contributed by atoms with Crippen molar-refractivity contribution in [1.82, 2.24) is 9.13 Å². The zero-order chi connectivity index (χ0) is 20.3. The first-order valence-electron chi connectivity index (χ1n) is 9.02. The third-order valence-corrected chi connectivity index (χ3v) is 4.69. The number of rotatable bonds is 5. The summed E-state index contributed by atoms with van der Waals surface area (Å²) in [4.78, 5) is 38.2. The first-order valence-corrected chi connectivity index (χ1v) is 9.02. The molecular weight excluding hydrogens is 362 g/mol. The van der Waals surface area contributed by atoms with Crippen LogP contribution in [0.1, 0.15) is 41.9 Å². The van der Waals surface area contributed by atoms with E-state index in [0.717, 1.165) is 0 Å². The van der Waals surface area contributed by atoms with E-state index < -0.39 is 23.4 Å². The van der Waals surface area contributed by atoms with Gasteiger partial charge in [-0.25, -0.2) is 4.79 Å². The zero-order valence-electron chi connectivity index (χ0n) is 15.7. The highest BCUT2D eigenvalue weighted by atomic mass is 16.6. The van der Waals surface area contributed by atoms with Crippen LogP contribution in [-0.2, 0) is 9.47 Å². The summed E-state index contributed by atoms with van der Waals surface area (Å²) in [6, 6.07) is 10.2. The van der Waals surface area contributed by atoms with E-state index in [9.17, 15) is 14.4 Å². The fourth-order valence-corrected chi connectivity index (χ4v) is 3.21. The summed E-state index contributed by atoms with van der Waals surface area (Å²) in [5.41, 5.74) is -0.895. The van der Waals surface area contributed by atoms with Crippen LogP contribution in [0.5, 0.6) is 0 Å². The monoisotopic (exact) mass is 383 g/mol. The fraction of sp³-hybridized carbons (Fsp3) is 0.400. The Labute approximate surface area is 161 Å². The molecule has 1 fully saturated rings. The molecule has 0 bridgehead atoms. The summed E-state index contributed by atoms with van der Waals surface area (Å²) in [6.45, 7) is 3.65. The SMILES string of the molecule is Cc1cn([C@H]2CC(OCCC#N)[C@@H](C)O2)c(=O)n(C(=O)c2ccccc2)c1=O. The van der Waals surface area contributed by atoms with Crippen molar-refractivity contribution >= 4 is 5.91 Å². The first-order chi connectivity index (χ1) is 13.4. The lowest BCUT2D eigenvalue weighted by atomic mass is 10.2. The number of carbonyl (C=O) groups is 1. The molecule has 1 saturated heterocycles. The van der Waals surface area contributed by atoms with Crippen LogP contribution < -0.4 is 11.2 Å². The van der Waals surface area contributed by atoms with Crippen LogP contribution in [0, 0.1) is 18.3 Å². The van der Waals surface area contributed by atoms with Gasteiger partial charge in [-0.15, -0.1) is 0 Å². The summed E-state index contributed by atoms with van der Waals surface area (Å²) < 4.78 is 13.4. The van der Waals surface area contributed by atoms with Crippen molar-refractivity contribution < 1.29 is 14.3 Å². The Morgan fingerprint density at radius 3 is 2.71 bits per heavy atom. The van der Waals surface area contributed by atoms with Crippen LogP contribution >= 0.6 is 0 Å². The van der Waals surface area contributed by atoms with Crippen LogP contribution in [0.25, 0.3) is 0 Å². The largest absolute Gasteiger partial charge is 0.374 e. The molecule has 2 aromatic rings. The second-order valence-corrected chi connectivity index (χ2v) is 6.66. The van der Waals surface area contributed by atoms with Gasteiger partial charge in [-0.3, -0.25) is 14.2 Å². The minimum Gasteiger partial charge on any atom is -0.374 e. The lowest BCUT2D eigenvalue weighted by molar-refractivity contribution is -0.0288. The van der Waals surface area contributed by atoms with E-state index in [2.05, 4.69) is 0 Å². The van der Waals surface area contributed by atoms with E-state index in [1.165, 1.54) is 10.8 Å². The maximum atomic E-state index is 13.0. The number of aryl methyl sites for hydroxylation is 1. The summed E-state index contributed by atoms with van der Waals surface area (Å²) in [5.74, 6) is -0.680. The van der Waals surface area contributed by atoms with Gasteiger partial charge in [0, 0.05) is 23.7 Å². The van der Waals surface area contributed by atoms with Crippen molar-refractivity contribution in [2.24, 2.45) is 0 Å². The molecular formula is C20H21N3O5. The Morgan fingerprint density at radius 1 is 1.32 bits per heavy atom. The van der Waals surface area contributed by atoms with Gasteiger partial charge >= 0.3 is 5.69 Å². The normalized spacial score (nSPS) is 21.4. The number of carbonyl (C=O) groups excluding carboxylic acids is 1. The van der Waals surface area contributed by atoms with Gasteiger partial charge < -0.3 is 9.47 Å². The molecule has 2 heterocycles. The van der Waals surface area contributed by atoms with Crippen LogP contribution in [0.2, 0.25) is 0 Å². The van der Waals surface area contributed by atoms with Gasteiger partial charge in [0.15, 0.2) is 0 Å². The predicted molar refractivity (Wildman–Crippen MR) is 100 cm³/mol. The predicted octanol–water partition coefficient (Wildman–Crippen LogP) is 1.61. The number of nitriles is 1. The van der Waals surface area contributed by atoms with Crippen molar-refractivity contribution in [3.05, 3.63) is 68.5 Å². The average molecular weight is 383 g/mol. The highest BCUT2D eigenvalue weighted by Crippen LogP contribution is 2.29.